The molecule has 0 radical (unpaired) electrons. The van der Waals surface area contributed by atoms with Crippen molar-refractivity contribution in [2.45, 2.75) is 6.54 Å². The van der Waals surface area contributed by atoms with Gasteiger partial charge in [0, 0.05) is 16.8 Å². The van der Waals surface area contributed by atoms with Crippen LogP contribution in [0.3, 0.4) is 0 Å². The second-order valence-electron chi connectivity index (χ2n) is 4.57. The maximum Gasteiger partial charge on any atom is 0.316 e. The molecule has 0 unspecified atom stereocenters. The average Bonchev–Trinajstić information content (AvgIpc) is 3.03. The highest BCUT2D eigenvalue weighted by Gasteiger charge is 2.20. The minimum absolute atomic E-state index is 0.255. The normalized spacial score (nSPS) is 10.4. The zero-order valence-corrected chi connectivity index (χ0v) is 12.0. The van der Waals surface area contributed by atoms with E-state index in [1.807, 2.05) is 41.8 Å². The molecule has 0 spiro atoms. The van der Waals surface area contributed by atoms with E-state index < -0.39 is 0 Å². The van der Waals surface area contributed by atoms with Crippen LogP contribution in [0, 0.1) is 11.3 Å². The van der Waals surface area contributed by atoms with Gasteiger partial charge in [-0.1, -0.05) is 18.2 Å². The van der Waals surface area contributed by atoms with E-state index >= 15 is 0 Å². The summed E-state index contributed by atoms with van der Waals surface area (Å²) < 4.78 is 1.35. The monoisotopic (exact) mass is 296 g/mol. The Labute approximate surface area is 126 Å². The second-order valence-corrected chi connectivity index (χ2v) is 5.60. The average molecular weight is 296 g/mol. The number of anilines is 2. The van der Waals surface area contributed by atoms with Crippen LogP contribution in [0.15, 0.2) is 41.8 Å². The molecule has 0 aliphatic heterocycles. The number of thiophene rings is 1. The van der Waals surface area contributed by atoms with Gasteiger partial charge in [0.25, 0.3) is 0 Å². The minimum atomic E-state index is 0.255. The zero-order chi connectivity index (χ0) is 14.8. The Bertz CT molecular complexity index is 833. The Morgan fingerprint density at radius 3 is 2.76 bits per heavy atom. The van der Waals surface area contributed by atoms with Crippen LogP contribution in [0.4, 0.5) is 11.5 Å². The highest BCUT2D eigenvalue weighted by atomic mass is 32.1. The van der Waals surface area contributed by atoms with Gasteiger partial charge in [0.05, 0.1) is 5.69 Å². The third-order valence-corrected chi connectivity index (χ3v) is 4.21. The number of nitrogens with one attached hydrogen (secondary N) is 1. The van der Waals surface area contributed by atoms with E-state index in [1.165, 1.54) is 9.55 Å². The maximum absolute atomic E-state index is 9.40. The molecule has 0 atom stereocenters. The third kappa shape index (κ3) is 2.24. The number of hydrogen-bond donors (Lipinski definition) is 3. The summed E-state index contributed by atoms with van der Waals surface area (Å²) in [7, 11) is 0. The van der Waals surface area contributed by atoms with Gasteiger partial charge in [0.2, 0.25) is 0 Å². The van der Waals surface area contributed by atoms with Gasteiger partial charge in [-0.3, -0.25) is 11.6 Å². The van der Waals surface area contributed by atoms with Crippen molar-refractivity contribution in [3.05, 3.63) is 52.2 Å². The van der Waals surface area contributed by atoms with Crippen LogP contribution in [0.1, 0.15) is 10.4 Å². The molecule has 104 valence electrons. The Morgan fingerprint density at radius 1 is 1.24 bits per heavy atom. The lowest BCUT2D eigenvalue weighted by Crippen LogP contribution is -2.48. The lowest BCUT2D eigenvalue weighted by molar-refractivity contribution is -0.596. The predicted molar refractivity (Wildman–Crippen MR) is 85.1 cm³/mol. The van der Waals surface area contributed by atoms with Crippen LogP contribution < -0.4 is 21.6 Å². The van der Waals surface area contributed by atoms with E-state index in [-0.39, 0.29) is 5.82 Å². The molecule has 0 bridgehead atoms. The molecule has 21 heavy (non-hydrogen) atoms. The van der Waals surface area contributed by atoms with Crippen molar-refractivity contribution in [3.8, 4) is 6.07 Å². The summed E-state index contributed by atoms with van der Waals surface area (Å²) in [5.74, 6) is 6.22. The summed E-state index contributed by atoms with van der Waals surface area (Å²) in [6, 6.07) is 13.8. The molecule has 3 rings (SSSR count). The van der Waals surface area contributed by atoms with Gasteiger partial charge in [0.15, 0.2) is 11.1 Å². The van der Waals surface area contributed by atoms with E-state index in [4.69, 9.17) is 11.6 Å². The number of nitrogens with zero attached hydrogens (tertiary/aromatic N) is 2. The Morgan fingerprint density at radius 2 is 2.05 bits per heavy atom. The fraction of sp³-hybridized carbons (Fsp3) is 0.0667. The first-order valence-corrected chi connectivity index (χ1v) is 7.28. The fourth-order valence-corrected chi connectivity index (χ4v) is 2.94. The number of pyridine rings is 1. The van der Waals surface area contributed by atoms with Crippen molar-refractivity contribution >= 4 is 33.7 Å². The smallest absolute Gasteiger partial charge is 0.316 e. The van der Waals surface area contributed by atoms with Gasteiger partial charge in [-0.05, 0) is 23.6 Å². The highest BCUT2D eigenvalue weighted by molar-refractivity contribution is 7.09. The number of nitrogen functional groups attached to an aromatic ring is 2. The molecule has 0 aliphatic rings. The molecular formula is C15H14N5S+. The molecular weight excluding hydrogens is 282 g/mol. The Kier molecular flexibility index (Phi) is 3.34. The van der Waals surface area contributed by atoms with Crippen LogP contribution in [0.2, 0.25) is 0 Å². The Balaban J connectivity index is 2.15. The van der Waals surface area contributed by atoms with E-state index in [0.717, 1.165) is 16.6 Å². The lowest BCUT2D eigenvalue weighted by atomic mass is 10.1. The number of para-hydroxylation sites is 1. The summed E-state index contributed by atoms with van der Waals surface area (Å²) >= 11 is 1.66. The van der Waals surface area contributed by atoms with Gasteiger partial charge in [-0.2, -0.15) is 5.26 Å². The van der Waals surface area contributed by atoms with E-state index in [1.54, 1.807) is 11.3 Å². The Hall–Kier alpha value is -2.78. The van der Waals surface area contributed by atoms with Crippen molar-refractivity contribution < 1.29 is 4.68 Å². The highest BCUT2D eigenvalue weighted by Crippen LogP contribution is 2.28. The summed E-state index contributed by atoms with van der Waals surface area (Å²) in [5.41, 5.74) is 7.86. The quantitative estimate of drug-likeness (QED) is 0.509. The number of rotatable bonds is 3. The number of nitrogens with two attached hydrogens (primary N) is 2. The van der Waals surface area contributed by atoms with Crippen LogP contribution >= 0.6 is 11.3 Å². The van der Waals surface area contributed by atoms with Crippen molar-refractivity contribution in [3.63, 3.8) is 0 Å². The molecule has 0 aliphatic carbocycles. The lowest BCUT2D eigenvalue weighted by Gasteiger charge is -2.12. The molecule has 1 aromatic carbocycles. The molecule has 0 saturated heterocycles. The van der Waals surface area contributed by atoms with E-state index in [2.05, 4.69) is 11.4 Å². The van der Waals surface area contributed by atoms with E-state index in [9.17, 15) is 5.26 Å². The van der Waals surface area contributed by atoms with Gasteiger partial charge in [-0.15, -0.1) is 16.0 Å². The summed E-state index contributed by atoms with van der Waals surface area (Å²) in [6.45, 7) is 0.643. The zero-order valence-electron chi connectivity index (χ0n) is 11.2. The summed E-state index contributed by atoms with van der Waals surface area (Å²) in [6.07, 6.45) is 0. The van der Waals surface area contributed by atoms with Crippen molar-refractivity contribution in [2.24, 2.45) is 0 Å². The molecule has 5 N–H and O–H groups in total. The summed E-state index contributed by atoms with van der Waals surface area (Å²) in [5, 5.41) is 15.6. The molecule has 5 nitrogen and oxygen atoms in total. The SMILES string of the molecule is N#Cc1c(NCc2cccs2)c2ccccc2[n+](N)c1N. The van der Waals surface area contributed by atoms with Crippen LogP contribution in [-0.2, 0) is 6.54 Å². The van der Waals surface area contributed by atoms with Crippen LogP contribution in [0.25, 0.3) is 10.9 Å². The van der Waals surface area contributed by atoms with Crippen molar-refractivity contribution in [1.82, 2.24) is 0 Å². The first-order valence-electron chi connectivity index (χ1n) is 6.40. The van der Waals surface area contributed by atoms with Gasteiger partial charge in [0.1, 0.15) is 6.07 Å². The number of nitriles is 1. The molecule has 6 heteroatoms. The molecule has 0 fully saturated rings. The molecule has 3 aromatic rings. The first-order chi connectivity index (χ1) is 10.2. The number of aromatic nitrogens is 1. The minimum Gasteiger partial charge on any atom is -0.378 e. The fourth-order valence-electron chi connectivity index (χ4n) is 2.29. The predicted octanol–water partition coefficient (Wildman–Crippen LogP) is 1.97. The number of hydrogen-bond acceptors (Lipinski definition) is 5. The second kappa shape index (κ2) is 5.31. The van der Waals surface area contributed by atoms with Gasteiger partial charge >= 0.3 is 5.82 Å². The standard InChI is InChI=1S/C15H13N5S/c16-8-12-14(19-9-10-4-3-7-21-10)11-5-1-2-6-13(11)20(18)15(12)17/h1-7H,9,18H2,(H2,17,19)/p+1. The number of fused-ring (bicyclic) bond motifs is 1. The van der Waals surface area contributed by atoms with Gasteiger partial charge < -0.3 is 5.32 Å². The van der Waals surface area contributed by atoms with Crippen molar-refractivity contribution in [2.75, 3.05) is 16.9 Å². The molecule has 0 amide bonds. The molecule has 0 saturated carbocycles. The largest absolute Gasteiger partial charge is 0.378 e. The van der Waals surface area contributed by atoms with Crippen molar-refractivity contribution in [1.29, 1.82) is 5.26 Å². The maximum atomic E-state index is 9.40. The van der Waals surface area contributed by atoms with Gasteiger partial charge in [-0.25, -0.2) is 0 Å². The third-order valence-electron chi connectivity index (χ3n) is 3.33. The number of benzene rings is 1. The first kappa shape index (κ1) is 13.2. The molecule has 2 aromatic heterocycles. The van der Waals surface area contributed by atoms with E-state index in [0.29, 0.717) is 12.1 Å². The topological polar surface area (TPSA) is 91.7 Å². The van der Waals surface area contributed by atoms with Crippen LogP contribution in [0.5, 0.6) is 0 Å². The summed E-state index contributed by atoms with van der Waals surface area (Å²) in [4.78, 5) is 1.19. The van der Waals surface area contributed by atoms with Crippen LogP contribution in [-0.4, -0.2) is 0 Å². The molecule has 2 heterocycles.